The Bertz CT molecular complexity index is 1120. The summed E-state index contributed by atoms with van der Waals surface area (Å²) >= 11 is 0. The third kappa shape index (κ3) is 5.06. The lowest BCUT2D eigenvalue weighted by molar-refractivity contribution is 0.0807. The molecule has 0 spiro atoms. The SMILES string of the molecule is COc1ccc(CCN2C(=O)N(NC(=O)c3ccno3)CC2c2ccc(C(C)(C)C)cc2)cc1. The number of rotatable bonds is 7. The van der Waals surface area contributed by atoms with Crippen molar-refractivity contribution in [3.05, 3.63) is 83.2 Å². The van der Waals surface area contributed by atoms with E-state index in [4.69, 9.17) is 9.26 Å². The number of ether oxygens (including phenoxy) is 1. The van der Waals surface area contributed by atoms with Crippen molar-refractivity contribution in [2.24, 2.45) is 0 Å². The Kier molecular flexibility index (Phi) is 6.58. The van der Waals surface area contributed by atoms with E-state index >= 15 is 0 Å². The second kappa shape index (κ2) is 9.59. The number of methoxy groups -OCH3 is 1. The lowest BCUT2D eigenvalue weighted by Crippen LogP contribution is -2.45. The minimum Gasteiger partial charge on any atom is -0.497 e. The summed E-state index contributed by atoms with van der Waals surface area (Å²) in [7, 11) is 1.63. The predicted octanol–water partition coefficient (Wildman–Crippen LogP) is 4.35. The fraction of sp³-hybridized carbons (Fsp3) is 0.346. The third-order valence-electron chi connectivity index (χ3n) is 6.07. The molecule has 1 aliphatic rings. The molecule has 1 aromatic heterocycles. The Hall–Kier alpha value is -3.81. The minimum atomic E-state index is -0.510. The smallest absolute Gasteiger partial charge is 0.339 e. The number of hydrogen-bond acceptors (Lipinski definition) is 5. The fourth-order valence-corrected chi connectivity index (χ4v) is 4.03. The molecule has 1 unspecified atom stereocenters. The number of carbonyl (C=O) groups is 2. The Balaban J connectivity index is 1.54. The van der Waals surface area contributed by atoms with Crippen LogP contribution in [-0.2, 0) is 11.8 Å². The van der Waals surface area contributed by atoms with Gasteiger partial charge >= 0.3 is 11.9 Å². The highest BCUT2D eigenvalue weighted by Crippen LogP contribution is 2.31. The zero-order valence-corrected chi connectivity index (χ0v) is 19.9. The summed E-state index contributed by atoms with van der Waals surface area (Å²) in [6, 6.07) is 17.2. The molecule has 0 aliphatic carbocycles. The molecule has 4 rings (SSSR count). The molecule has 2 heterocycles. The van der Waals surface area contributed by atoms with Gasteiger partial charge in [-0.05, 0) is 40.7 Å². The Morgan fingerprint density at radius 2 is 1.82 bits per heavy atom. The molecule has 1 aliphatic heterocycles. The zero-order valence-electron chi connectivity index (χ0n) is 19.9. The molecule has 1 saturated heterocycles. The van der Waals surface area contributed by atoms with Crippen molar-refractivity contribution in [1.29, 1.82) is 0 Å². The van der Waals surface area contributed by atoms with E-state index in [9.17, 15) is 9.59 Å². The van der Waals surface area contributed by atoms with Crippen molar-refractivity contribution in [2.75, 3.05) is 20.2 Å². The number of aromatic nitrogens is 1. The van der Waals surface area contributed by atoms with Crippen LogP contribution in [-0.4, -0.2) is 47.2 Å². The molecular formula is C26H30N4O4. The van der Waals surface area contributed by atoms with Gasteiger partial charge in [-0.25, -0.2) is 9.80 Å². The highest BCUT2D eigenvalue weighted by atomic mass is 16.5. The van der Waals surface area contributed by atoms with E-state index in [-0.39, 0.29) is 23.2 Å². The maximum atomic E-state index is 13.3. The first-order valence-electron chi connectivity index (χ1n) is 11.3. The van der Waals surface area contributed by atoms with Crippen LogP contribution in [0.25, 0.3) is 0 Å². The van der Waals surface area contributed by atoms with Gasteiger partial charge in [0, 0.05) is 12.6 Å². The van der Waals surface area contributed by atoms with Gasteiger partial charge in [0.15, 0.2) is 0 Å². The van der Waals surface area contributed by atoms with E-state index in [1.54, 1.807) is 12.0 Å². The number of amides is 3. The van der Waals surface area contributed by atoms with E-state index in [1.165, 1.54) is 22.8 Å². The first-order valence-corrected chi connectivity index (χ1v) is 11.3. The van der Waals surface area contributed by atoms with E-state index < -0.39 is 5.91 Å². The molecule has 0 saturated carbocycles. The minimum absolute atomic E-state index is 0.0369. The fourth-order valence-electron chi connectivity index (χ4n) is 4.03. The number of benzene rings is 2. The van der Waals surface area contributed by atoms with Crippen molar-refractivity contribution in [3.8, 4) is 5.75 Å². The Morgan fingerprint density at radius 1 is 1.12 bits per heavy atom. The predicted molar refractivity (Wildman–Crippen MR) is 127 cm³/mol. The number of hydrogen-bond donors (Lipinski definition) is 1. The van der Waals surface area contributed by atoms with Crippen LogP contribution in [0.1, 0.15) is 54.1 Å². The van der Waals surface area contributed by atoms with Gasteiger partial charge in [-0.3, -0.25) is 10.2 Å². The van der Waals surface area contributed by atoms with E-state index in [2.05, 4.69) is 55.6 Å². The molecule has 1 N–H and O–H groups in total. The van der Waals surface area contributed by atoms with E-state index in [1.807, 2.05) is 24.3 Å². The summed E-state index contributed by atoms with van der Waals surface area (Å²) in [5.74, 6) is 0.333. The summed E-state index contributed by atoms with van der Waals surface area (Å²) in [4.78, 5) is 27.6. The van der Waals surface area contributed by atoms with Crippen LogP contribution in [0.5, 0.6) is 5.75 Å². The van der Waals surface area contributed by atoms with Crippen molar-refractivity contribution >= 4 is 11.9 Å². The molecule has 178 valence electrons. The molecule has 34 heavy (non-hydrogen) atoms. The summed E-state index contributed by atoms with van der Waals surface area (Å²) in [6.45, 7) is 7.34. The van der Waals surface area contributed by atoms with Gasteiger partial charge in [0.1, 0.15) is 5.75 Å². The molecule has 0 bridgehead atoms. The van der Waals surface area contributed by atoms with Crippen molar-refractivity contribution in [2.45, 2.75) is 38.6 Å². The maximum absolute atomic E-state index is 13.3. The number of carbonyl (C=O) groups excluding carboxylic acids is 2. The standard InChI is InChI=1S/C26H30N4O4/c1-26(2,3)20-9-7-19(8-10-20)22-17-30(28-24(31)23-13-15-27-34-23)25(32)29(22)16-14-18-5-11-21(33-4)12-6-18/h5-13,15,22H,14,16-17H2,1-4H3,(H,28,31). The molecule has 1 atom stereocenters. The summed E-state index contributed by atoms with van der Waals surface area (Å²) in [5, 5.41) is 4.91. The van der Waals surface area contributed by atoms with Gasteiger partial charge in [0.25, 0.3) is 0 Å². The maximum Gasteiger partial charge on any atom is 0.339 e. The normalized spacial score (nSPS) is 16.1. The first kappa shape index (κ1) is 23.4. The van der Waals surface area contributed by atoms with Gasteiger partial charge in [0.05, 0.1) is 25.9 Å². The van der Waals surface area contributed by atoms with Crippen LogP contribution in [0, 0.1) is 0 Å². The van der Waals surface area contributed by atoms with Crippen LogP contribution >= 0.6 is 0 Å². The number of nitrogens with zero attached hydrogens (tertiary/aromatic N) is 3. The average molecular weight is 463 g/mol. The van der Waals surface area contributed by atoms with E-state index in [0.717, 1.165) is 16.9 Å². The van der Waals surface area contributed by atoms with E-state index in [0.29, 0.717) is 19.5 Å². The number of nitrogens with one attached hydrogen (secondary N) is 1. The number of urea groups is 1. The third-order valence-corrected chi connectivity index (χ3v) is 6.07. The van der Waals surface area contributed by atoms with Crippen LogP contribution in [0.4, 0.5) is 4.79 Å². The largest absolute Gasteiger partial charge is 0.497 e. The Morgan fingerprint density at radius 3 is 2.41 bits per heavy atom. The van der Waals surface area contributed by atoms with Crippen molar-refractivity contribution in [1.82, 2.24) is 20.5 Å². The summed E-state index contributed by atoms with van der Waals surface area (Å²) in [6.07, 6.45) is 2.07. The van der Waals surface area contributed by atoms with Crippen LogP contribution in [0.3, 0.4) is 0 Å². The van der Waals surface area contributed by atoms with Gasteiger partial charge in [0.2, 0.25) is 5.76 Å². The van der Waals surface area contributed by atoms with Crippen molar-refractivity contribution in [3.63, 3.8) is 0 Å². The molecule has 8 nitrogen and oxygen atoms in total. The molecule has 8 heteroatoms. The highest BCUT2D eigenvalue weighted by molar-refractivity contribution is 5.93. The van der Waals surface area contributed by atoms with Gasteiger partial charge in [-0.2, -0.15) is 0 Å². The average Bonchev–Trinajstić information content (AvgIpc) is 3.47. The molecule has 1 fully saturated rings. The molecule has 3 aromatic rings. The van der Waals surface area contributed by atoms with Gasteiger partial charge in [-0.15, -0.1) is 0 Å². The summed E-state index contributed by atoms with van der Waals surface area (Å²) in [5.41, 5.74) is 6.04. The topological polar surface area (TPSA) is 87.9 Å². The first-order chi connectivity index (χ1) is 16.3. The zero-order chi connectivity index (χ0) is 24.3. The quantitative estimate of drug-likeness (QED) is 0.564. The highest BCUT2D eigenvalue weighted by Gasteiger charge is 2.39. The monoisotopic (exact) mass is 462 g/mol. The van der Waals surface area contributed by atoms with Crippen LogP contribution in [0.15, 0.2) is 65.3 Å². The molecule has 2 aromatic carbocycles. The van der Waals surface area contributed by atoms with Crippen LogP contribution in [0.2, 0.25) is 0 Å². The summed E-state index contributed by atoms with van der Waals surface area (Å²) < 4.78 is 10.2. The Labute approximate surface area is 199 Å². The lowest BCUT2D eigenvalue weighted by atomic mass is 9.86. The van der Waals surface area contributed by atoms with Gasteiger partial charge < -0.3 is 14.2 Å². The number of hydrazine groups is 1. The van der Waals surface area contributed by atoms with Crippen molar-refractivity contribution < 1.29 is 18.8 Å². The molecule has 3 amide bonds. The second-order valence-corrected chi connectivity index (χ2v) is 9.39. The van der Waals surface area contributed by atoms with Gasteiger partial charge in [-0.1, -0.05) is 62.3 Å². The molecular weight excluding hydrogens is 432 g/mol. The van der Waals surface area contributed by atoms with Crippen LogP contribution < -0.4 is 10.2 Å². The second-order valence-electron chi connectivity index (χ2n) is 9.39. The molecule has 0 radical (unpaired) electrons. The lowest BCUT2D eigenvalue weighted by Gasteiger charge is -2.25.